The van der Waals surface area contributed by atoms with Crippen LogP contribution in [0.15, 0.2) is 32.7 Å². The highest BCUT2D eigenvalue weighted by molar-refractivity contribution is 9.11. The molecule has 0 saturated heterocycles. The summed E-state index contributed by atoms with van der Waals surface area (Å²) in [5, 5.41) is 3.47. The van der Waals surface area contributed by atoms with E-state index in [1.165, 1.54) is 10.4 Å². The van der Waals surface area contributed by atoms with E-state index < -0.39 is 0 Å². The molecule has 0 spiro atoms. The molecule has 1 N–H and O–H groups in total. The van der Waals surface area contributed by atoms with Crippen LogP contribution in [-0.4, -0.2) is 6.54 Å². The highest BCUT2D eigenvalue weighted by Crippen LogP contribution is 2.31. The second kappa shape index (κ2) is 5.17. The molecule has 0 radical (unpaired) electrons. The van der Waals surface area contributed by atoms with E-state index in [4.69, 9.17) is 4.42 Å². The van der Waals surface area contributed by atoms with Crippen LogP contribution in [0.5, 0.6) is 0 Å². The molecule has 2 rings (SSSR count). The van der Waals surface area contributed by atoms with E-state index in [2.05, 4.69) is 46.4 Å². The maximum atomic E-state index is 5.37. The summed E-state index contributed by atoms with van der Waals surface area (Å²) in [4.78, 5) is 1.30. The SMILES string of the molecule is CCNC(c1coc(C)c1)c1ccc(Br)s1. The molecule has 16 heavy (non-hydrogen) atoms. The number of thiophene rings is 1. The maximum absolute atomic E-state index is 5.37. The monoisotopic (exact) mass is 299 g/mol. The van der Waals surface area contributed by atoms with Gasteiger partial charge in [-0.05, 0) is 47.6 Å². The molecule has 86 valence electrons. The summed E-state index contributed by atoms with van der Waals surface area (Å²) in [6.07, 6.45) is 1.83. The molecule has 1 atom stereocenters. The molecule has 0 aliphatic heterocycles. The molecule has 0 aromatic carbocycles. The molecule has 0 saturated carbocycles. The third-order valence-electron chi connectivity index (χ3n) is 2.37. The van der Waals surface area contributed by atoms with Crippen LogP contribution in [0.25, 0.3) is 0 Å². The van der Waals surface area contributed by atoms with E-state index in [1.807, 2.05) is 13.2 Å². The van der Waals surface area contributed by atoms with Gasteiger partial charge in [0.2, 0.25) is 0 Å². The van der Waals surface area contributed by atoms with Crippen molar-refractivity contribution in [3.63, 3.8) is 0 Å². The predicted molar refractivity (Wildman–Crippen MR) is 71.0 cm³/mol. The van der Waals surface area contributed by atoms with Gasteiger partial charge >= 0.3 is 0 Å². The summed E-state index contributed by atoms with van der Waals surface area (Å²) < 4.78 is 6.53. The highest BCUT2D eigenvalue weighted by Gasteiger charge is 2.16. The minimum absolute atomic E-state index is 0.235. The Morgan fingerprint density at radius 1 is 1.50 bits per heavy atom. The summed E-state index contributed by atoms with van der Waals surface area (Å²) in [6, 6.07) is 6.54. The molecule has 0 aliphatic rings. The first kappa shape index (κ1) is 11.9. The lowest BCUT2D eigenvalue weighted by Gasteiger charge is -2.14. The van der Waals surface area contributed by atoms with Crippen molar-refractivity contribution in [2.45, 2.75) is 19.9 Å². The average molecular weight is 300 g/mol. The van der Waals surface area contributed by atoms with Crippen molar-refractivity contribution in [2.24, 2.45) is 0 Å². The molecule has 2 aromatic heterocycles. The zero-order chi connectivity index (χ0) is 11.5. The summed E-state index contributed by atoms with van der Waals surface area (Å²) in [6.45, 7) is 5.02. The van der Waals surface area contributed by atoms with Crippen molar-refractivity contribution in [1.29, 1.82) is 0 Å². The largest absolute Gasteiger partial charge is 0.469 e. The van der Waals surface area contributed by atoms with Gasteiger partial charge in [0.15, 0.2) is 0 Å². The van der Waals surface area contributed by atoms with Crippen LogP contribution in [0, 0.1) is 6.92 Å². The molecule has 2 heterocycles. The Labute approximate surface area is 108 Å². The van der Waals surface area contributed by atoms with E-state index in [0.29, 0.717) is 0 Å². The lowest BCUT2D eigenvalue weighted by Crippen LogP contribution is -2.20. The van der Waals surface area contributed by atoms with Gasteiger partial charge in [-0.15, -0.1) is 11.3 Å². The molecule has 4 heteroatoms. The van der Waals surface area contributed by atoms with Gasteiger partial charge in [0, 0.05) is 10.4 Å². The van der Waals surface area contributed by atoms with Gasteiger partial charge in [0.25, 0.3) is 0 Å². The van der Waals surface area contributed by atoms with Gasteiger partial charge in [-0.25, -0.2) is 0 Å². The van der Waals surface area contributed by atoms with Gasteiger partial charge in [0.1, 0.15) is 5.76 Å². The molecule has 0 aliphatic carbocycles. The smallest absolute Gasteiger partial charge is 0.101 e. The van der Waals surface area contributed by atoms with Crippen molar-refractivity contribution in [1.82, 2.24) is 5.32 Å². The molecular formula is C12H14BrNOS. The van der Waals surface area contributed by atoms with Crippen LogP contribution < -0.4 is 5.32 Å². The van der Waals surface area contributed by atoms with Gasteiger partial charge < -0.3 is 9.73 Å². The number of hydrogen-bond donors (Lipinski definition) is 1. The summed E-state index contributed by atoms with van der Waals surface area (Å²) in [5.41, 5.74) is 1.19. The molecule has 0 fully saturated rings. The van der Waals surface area contributed by atoms with E-state index in [0.717, 1.165) is 16.1 Å². The summed E-state index contributed by atoms with van der Waals surface area (Å²) in [5.74, 6) is 0.952. The quantitative estimate of drug-likeness (QED) is 0.919. The number of hydrogen-bond acceptors (Lipinski definition) is 3. The van der Waals surface area contributed by atoms with Crippen molar-refractivity contribution in [2.75, 3.05) is 6.54 Å². The van der Waals surface area contributed by atoms with E-state index >= 15 is 0 Å². The number of rotatable bonds is 4. The summed E-state index contributed by atoms with van der Waals surface area (Å²) >= 11 is 5.25. The number of aryl methyl sites for hydroxylation is 1. The Kier molecular flexibility index (Phi) is 3.84. The van der Waals surface area contributed by atoms with Crippen molar-refractivity contribution < 1.29 is 4.42 Å². The standard InChI is InChI=1S/C12H14BrNOS/c1-3-14-12(9-6-8(2)15-7-9)10-4-5-11(13)16-10/h4-7,12,14H,3H2,1-2H3. The Bertz CT molecular complexity index is 423. The van der Waals surface area contributed by atoms with Gasteiger partial charge in [-0.3, -0.25) is 0 Å². The van der Waals surface area contributed by atoms with Crippen LogP contribution in [0.1, 0.15) is 29.2 Å². The van der Waals surface area contributed by atoms with E-state index in [1.54, 1.807) is 11.3 Å². The molecule has 1 unspecified atom stereocenters. The Balaban J connectivity index is 2.30. The molecule has 2 aromatic rings. The Hall–Kier alpha value is -0.580. The lowest BCUT2D eigenvalue weighted by atomic mass is 10.1. The fourth-order valence-electron chi connectivity index (χ4n) is 1.69. The Morgan fingerprint density at radius 3 is 2.81 bits per heavy atom. The third kappa shape index (κ3) is 2.56. The van der Waals surface area contributed by atoms with E-state index in [-0.39, 0.29) is 6.04 Å². The Morgan fingerprint density at radius 2 is 2.31 bits per heavy atom. The third-order valence-corrected chi connectivity index (χ3v) is 4.06. The first-order valence-corrected chi connectivity index (χ1v) is 6.85. The van der Waals surface area contributed by atoms with Gasteiger partial charge in [-0.1, -0.05) is 6.92 Å². The van der Waals surface area contributed by atoms with E-state index in [9.17, 15) is 0 Å². The normalized spacial score (nSPS) is 12.9. The first-order chi connectivity index (χ1) is 7.70. The minimum Gasteiger partial charge on any atom is -0.469 e. The fourth-order valence-corrected chi connectivity index (χ4v) is 3.21. The average Bonchev–Trinajstić information content (AvgIpc) is 2.84. The number of nitrogens with one attached hydrogen (secondary N) is 1. The maximum Gasteiger partial charge on any atom is 0.101 e. The predicted octanol–water partition coefficient (Wildman–Crippen LogP) is 4.11. The van der Waals surface area contributed by atoms with Crippen molar-refractivity contribution in [3.05, 3.63) is 44.4 Å². The van der Waals surface area contributed by atoms with Gasteiger partial charge in [-0.2, -0.15) is 0 Å². The van der Waals surface area contributed by atoms with Crippen molar-refractivity contribution >= 4 is 27.3 Å². The highest BCUT2D eigenvalue weighted by atomic mass is 79.9. The number of furan rings is 1. The topological polar surface area (TPSA) is 25.2 Å². The van der Waals surface area contributed by atoms with Crippen LogP contribution >= 0.6 is 27.3 Å². The molecule has 0 amide bonds. The first-order valence-electron chi connectivity index (χ1n) is 5.24. The summed E-state index contributed by atoms with van der Waals surface area (Å²) in [7, 11) is 0. The van der Waals surface area contributed by atoms with Gasteiger partial charge in [0.05, 0.1) is 16.1 Å². The van der Waals surface area contributed by atoms with Crippen molar-refractivity contribution in [3.8, 4) is 0 Å². The molecule has 2 nitrogen and oxygen atoms in total. The number of halogens is 1. The fraction of sp³-hybridized carbons (Fsp3) is 0.333. The second-order valence-corrected chi connectivity index (χ2v) is 6.12. The molecule has 0 bridgehead atoms. The minimum atomic E-state index is 0.235. The van der Waals surface area contributed by atoms with Crippen LogP contribution in [-0.2, 0) is 0 Å². The van der Waals surface area contributed by atoms with Crippen LogP contribution in [0.3, 0.4) is 0 Å². The van der Waals surface area contributed by atoms with Crippen LogP contribution in [0.2, 0.25) is 0 Å². The second-order valence-electron chi connectivity index (χ2n) is 3.62. The van der Waals surface area contributed by atoms with Crippen LogP contribution in [0.4, 0.5) is 0 Å². The lowest BCUT2D eigenvalue weighted by molar-refractivity contribution is 0.526. The molecular weight excluding hydrogens is 286 g/mol. The zero-order valence-electron chi connectivity index (χ0n) is 9.29. The zero-order valence-corrected chi connectivity index (χ0v) is 11.7.